The summed E-state index contributed by atoms with van der Waals surface area (Å²) in [6.07, 6.45) is 7.32. The van der Waals surface area contributed by atoms with Crippen molar-refractivity contribution >= 4 is 5.69 Å². The third-order valence-corrected chi connectivity index (χ3v) is 4.87. The van der Waals surface area contributed by atoms with Gasteiger partial charge in [-0.15, -0.1) is 0 Å². The molecule has 2 heterocycles. The molecule has 1 aromatic carbocycles. The number of hydrogen-bond donors (Lipinski definition) is 1. The molecule has 3 rings (SSSR count). The van der Waals surface area contributed by atoms with E-state index in [1.807, 2.05) is 12.5 Å². The number of rotatable bonds is 4. The number of benzene rings is 1. The van der Waals surface area contributed by atoms with Crippen LogP contribution in [-0.2, 0) is 12.0 Å². The van der Waals surface area contributed by atoms with Gasteiger partial charge in [-0.25, -0.2) is 4.98 Å². The van der Waals surface area contributed by atoms with Gasteiger partial charge in [0.05, 0.1) is 18.2 Å². The molecule has 20 heavy (non-hydrogen) atoms. The first-order valence-electron chi connectivity index (χ1n) is 7.58. The number of fused-ring (bicyclic) bond motifs is 1. The first-order valence-corrected chi connectivity index (χ1v) is 7.58. The summed E-state index contributed by atoms with van der Waals surface area (Å²) >= 11 is 0. The third-order valence-electron chi connectivity index (χ3n) is 4.87. The van der Waals surface area contributed by atoms with E-state index >= 15 is 0 Å². The molecule has 3 heteroatoms. The highest BCUT2D eigenvalue weighted by Crippen LogP contribution is 2.37. The van der Waals surface area contributed by atoms with E-state index in [4.69, 9.17) is 0 Å². The van der Waals surface area contributed by atoms with Crippen molar-refractivity contribution in [1.82, 2.24) is 9.55 Å². The highest BCUT2D eigenvalue weighted by atomic mass is 15.1. The number of imidazole rings is 1. The lowest BCUT2D eigenvalue weighted by Gasteiger charge is -2.31. The molecule has 0 atom stereocenters. The Bertz CT molecular complexity index is 608. The summed E-state index contributed by atoms with van der Waals surface area (Å²) in [5.41, 5.74) is 5.36. The molecule has 106 valence electrons. The lowest BCUT2D eigenvalue weighted by molar-refractivity contribution is 0.297. The van der Waals surface area contributed by atoms with Crippen molar-refractivity contribution in [1.29, 1.82) is 0 Å². The minimum Gasteiger partial charge on any atom is -0.384 e. The number of aromatic nitrogens is 2. The summed E-state index contributed by atoms with van der Waals surface area (Å²) in [5, 5.41) is 3.53. The fraction of sp³-hybridized carbons (Fsp3) is 0.471. The number of nitrogens with zero attached hydrogens (tertiary/aromatic N) is 2. The van der Waals surface area contributed by atoms with E-state index in [2.05, 4.69) is 53.8 Å². The van der Waals surface area contributed by atoms with Crippen molar-refractivity contribution in [3.8, 4) is 11.3 Å². The van der Waals surface area contributed by atoms with Gasteiger partial charge in [0.2, 0.25) is 0 Å². The van der Waals surface area contributed by atoms with Crippen LogP contribution in [-0.4, -0.2) is 16.1 Å². The van der Waals surface area contributed by atoms with Crippen molar-refractivity contribution in [2.45, 2.75) is 45.6 Å². The van der Waals surface area contributed by atoms with Crippen LogP contribution in [0.1, 0.15) is 39.2 Å². The Morgan fingerprint density at radius 2 is 2.10 bits per heavy atom. The van der Waals surface area contributed by atoms with Gasteiger partial charge in [0.25, 0.3) is 0 Å². The largest absolute Gasteiger partial charge is 0.384 e. The molecule has 1 N–H and O–H groups in total. The van der Waals surface area contributed by atoms with E-state index in [1.54, 1.807) is 0 Å². The summed E-state index contributed by atoms with van der Waals surface area (Å²) in [6, 6.07) is 6.59. The van der Waals surface area contributed by atoms with Gasteiger partial charge in [0.1, 0.15) is 0 Å². The third kappa shape index (κ3) is 1.92. The maximum atomic E-state index is 4.42. The molecule has 0 saturated carbocycles. The van der Waals surface area contributed by atoms with Crippen LogP contribution in [0.4, 0.5) is 5.69 Å². The van der Waals surface area contributed by atoms with E-state index < -0.39 is 0 Å². The molecule has 0 amide bonds. The SMILES string of the molecule is CCC(C)(CC)n1cncc1-c1cccc2c1NCC2. The van der Waals surface area contributed by atoms with Gasteiger partial charge in [-0.1, -0.05) is 32.0 Å². The Hall–Kier alpha value is -1.77. The Labute approximate surface area is 121 Å². The molecule has 0 saturated heterocycles. The van der Waals surface area contributed by atoms with Crippen LogP contribution in [0.2, 0.25) is 0 Å². The Morgan fingerprint density at radius 1 is 1.30 bits per heavy atom. The zero-order valence-corrected chi connectivity index (χ0v) is 12.6. The standard InChI is InChI=1S/C17H23N3/c1-4-17(3,5-2)20-12-18-11-15(20)14-8-6-7-13-9-10-19-16(13)14/h6-8,11-12,19H,4-5,9-10H2,1-3H3. The van der Waals surface area contributed by atoms with Crippen molar-refractivity contribution in [2.24, 2.45) is 0 Å². The van der Waals surface area contributed by atoms with Crippen molar-refractivity contribution in [3.05, 3.63) is 36.3 Å². The van der Waals surface area contributed by atoms with Crippen LogP contribution >= 0.6 is 0 Å². The monoisotopic (exact) mass is 269 g/mol. The summed E-state index contributed by atoms with van der Waals surface area (Å²) < 4.78 is 2.35. The molecule has 0 bridgehead atoms. The van der Waals surface area contributed by atoms with Gasteiger partial charge in [-0.05, 0) is 31.7 Å². The number of hydrogen-bond acceptors (Lipinski definition) is 2. The van der Waals surface area contributed by atoms with Crippen molar-refractivity contribution < 1.29 is 0 Å². The average Bonchev–Trinajstić information content (AvgIpc) is 3.14. The molecule has 2 aromatic rings. The van der Waals surface area contributed by atoms with Crippen LogP contribution in [0.25, 0.3) is 11.3 Å². The Balaban J connectivity index is 2.14. The molecule has 0 spiro atoms. The fourth-order valence-corrected chi connectivity index (χ4v) is 3.07. The summed E-state index contributed by atoms with van der Waals surface area (Å²) in [4.78, 5) is 4.42. The van der Waals surface area contributed by atoms with Crippen LogP contribution < -0.4 is 5.32 Å². The van der Waals surface area contributed by atoms with Crippen LogP contribution in [0.3, 0.4) is 0 Å². The maximum absolute atomic E-state index is 4.42. The van der Waals surface area contributed by atoms with Crippen LogP contribution in [0.5, 0.6) is 0 Å². The highest BCUT2D eigenvalue weighted by molar-refractivity contribution is 5.80. The van der Waals surface area contributed by atoms with Crippen LogP contribution in [0.15, 0.2) is 30.7 Å². The predicted octanol–water partition coefficient (Wildman–Crippen LogP) is 4.05. The molecule has 1 aliphatic heterocycles. The Kier molecular flexibility index (Phi) is 3.28. The van der Waals surface area contributed by atoms with E-state index in [0.717, 1.165) is 25.8 Å². The van der Waals surface area contributed by atoms with Gasteiger partial charge in [0.15, 0.2) is 0 Å². The fourth-order valence-electron chi connectivity index (χ4n) is 3.07. The lowest BCUT2D eigenvalue weighted by Crippen LogP contribution is -2.28. The quantitative estimate of drug-likeness (QED) is 0.907. The molecule has 1 aromatic heterocycles. The topological polar surface area (TPSA) is 29.9 Å². The minimum atomic E-state index is 0.132. The zero-order valence-electron chi connectivity index (χ0n) is 12.6. The van der Waals surface area contributed by atoms with E-state index in [-0.39, 0.29) is 5.54 Å². The van der Waals surface area contributed by atoms with Crippen LogP contribution in [0, 0.1) is 0 Å². The van der Waals surface area contributed by atoms with E-state index in [0.29, 0.717) is 0 Å². The average molecular weight is 269 g/mol. The van der Waals surface area contributed by atoms with Crippen molar-refractivity contribution in [3.63, 3.8) is 0 Å². The van der Waals surface area contributed by atoms with Gasteiger partial charge in [0, 0.05) is 23.3 Å². The summed E-state index contributed by atoms with van der Waals surface area (Å²) in [6.45, 7) is 7.86. The van der Waals surface area contributed by atoms with Gasteiger partial charge >= 0.3 is 0 Å². The number of nitrogens with one attached hydrogen (secondary N) is 1. The van der Waals surface area contributed by atoms with Crippen molar-refractivity contribution in [2.75, 3.05) is 11.9 Å². The second kappa shape index (κ2) is 4.97. The molecular weight excluding hydrogens is 246 g/mol. The maximum Gasteiger partial charge on any atom is 0.0956 e. The van der Waals surface area contributed by atoms with Gasteiger partial charge in [-0.2, -0.15) is 0 Å². The number of para-hydroxylation sites is 1. The lowest BCUT2D eigenvalue weighted by atomic mass is 9.94. The summed E-state index contributed by atoms with van der Waals surface area (Å²) in [5.74, 6) is 0. The highest BCUT2D eigenvalue weighted by Gasteiger charge is 2.26. The first kappa shape index (κ1) is 13.2. The predicted molar refractivity (Wildman–Crippen MR) is 84.1 cm³/mol. The Morgan fingerprint density at radius 3 is 2.85 bits per heavy atom. The van der Waals surface area contributed by atoms with E-state index in [1.165, 1.54) is 22.5 Å². The van der Waals surface area contributed by atoms with Gasteiger partial charge in [-0.3, -0.25) is 0 Å². The molecule has 0 aliphatic carbocycles. The second-order valence-electron chi connectivity index (χ2n) is 5.87. The smallest absolute Gasteiger partial charge is 0.0956 e. The molecule has 1 aliphatic rings. The number of anilines is 1. The van der Waals surface area contributed by atoms with Gasteiger partial charge < -0.3 is 9.88 Å². The molecule has 3 nitrogen and oxygen atoms in total. The molecule has 0 fully saturated rings. The summed E-state index contributed by atoms with van der Waals surface area (Å²) in [7, 11) is 0. The second-order valence-corrected chi connectivity index (χ2v) is 5.87. The molecule has 0 radical (unpaired) electrons. The van der Waals surface area contributed by atoms with E-state index in [9.17, 15) is 0 Å². The first-order chi connectivity index (χ1) is 9.69. The molecular formula is C17H23N3. The zero-order chi connectivity index (χ0) is 14.2. The normalized spacial score (nSPS) is 14.2. The molecule has 0 unspecified atom stereocenters. The minimum absolute atomic E-state index is 0.132.